The van der Waals surface area contributed by atoms with E-state index in [9.17, 15) is 18.0 Å². The number of aryl methyl sites for hydroxylation is 1. The fraction of sp³-hybridized carbons (Fsp3) is 0.545. The van der Waals surface area contributed by atoms with Crippen molar-refractivity contribution < 1.29 is 18.0 Å². The first-order chi connectivity index (χ1) is 15.5. The molecule has 1 saturated carbocycles. The normalized spacial score (nSPS) is 19.5. The third-order valence-corrected chi connectivity index (χ3v) is 9.36. The van der Waals surface area contributed by atoms with Crippen LogP contribution in [0.1, 0.15) is 48.3 Å². The van der Waals surface area contributed by atoms with Crippen molar-refractivity contribution in [2.24, 2.45) is 5.92 Å². The van der Waals surface area contributed by atoms with Gasteiger partial charge in [-0.15, -0.1) is 0 Å². The smallest absolute Gasteiger partial charge is 0.258 e. The van der Waals surface area contributed by atoms with Crippen LogP contribution in [-0.2, 0) is 21.2 Å². The maximum Gasteiger partial charge on any atom is 0.258 e. The van der Waals surface area contributed by atoms with Crippen molar-refractivity contribution in [3.63, 3.8) is 0 Å². The minimum Gasteiger partial charge on any atom is -0.353 e. The van der Waals surface area contributed by atoms with Crippen LogP contribution in [0.4, 0.5) is 10.9 Å². The van der Waals surface area contributed by atoms with Gasteiger partial charge in [-0.3, -0.25) is 9.59 Å². The van der Waals surface area contributed by atoms with Gasteiger partial charge in [-0.1, -0.05) is 11.3 Å². The summed E-state index contributed by atoms with van der Waals surface area (Å²) in [7, 11) is -3.15. The number of sulfone groups is 1. The zero-order valence-electron chi connectivity index (χ0n) is 19.1. The summed E-state index contributed by atoms with van der Waals surface area (Å²) < 4.78 is 23.9. The number of fused-ring (bicyclic) bond motifs is 1. The SMILES string of the molecule is CC(=O)Nc1nc(C)c(-c2cc3c(c(N4CC(S(C)(=O)=O)C4)n2)C(=O)N([C@@H](C)C2CC2)C3)s1. The standard InChI is InChI=1S/C22H27N5O4S2/c1-11-19(32-22(23-11)24-13(3)28)17-7-15-8-27(12(2)14-5-6-14)21(29)18(15)20(25-17)26-9-16(10-26)33(4,30)31/h7,12,14,16H,5-6,8-10H2,1-4H3,(H,23,24,28)/t12-/m0/s1. The summed E-state index contributed by atoms with van der Waals surface area (Å²) in [6, 6.07) is 2.11. The van der Waals surface area contributed by atoms with E-state index in [1.165, 1.54) is 24.5 Å². The van der Waals surface area contributed by atoms with Crippen LogP contribution in [0.3, 0.4) is 0 Å². The summed E-state index contributed by atoms with van der Waals surface area (Å²) >= 11 is 1.34. The van der Waals surface area contributed by atoms with Gasteiger partial charge in [0.2, 0.25) is 5.91 Å². The molecule has 2 fully saturated rings. The highest BCUT2D eigenvalue weighted by atomic mass is 32.2. The van der Waals surface area contributed by atoms with Crippen LogP contribution >= 0.6 is 11.3 Å². The molecule has 1 aliphatic carbocycles. The zero-order chi connectivity index (χ0) is 23.7. The Labute approximate surface area is 197 Å². The Balaban J connectivity index is 1.55. The fourth-order valence-electron chi connectivity index (χ4n) is 4.57. The van der Waals surface area contributed by atoms with Gasteiger partial charge in [-0.2, -0.15) is 0 Å². The Kier molecular flexibility index (Phi) is 5.24. The van der Waals surface area contributed by atoms with E-state index in [0.717, 1.165) is 29.0 Å². The van der Waals surface area contributed by atoms with Gasteiger partial charge in [-0.25, -0.2) is 18.4 Å². The number of carbonyl (C=O) groups is 2. The number of pyridine rings is 1. The van der Waals surface area contributed by atoms with Crippen LogP contribution < -0.4 is 10.2 Å². The maximum absolute atomic E-state index is 13.4. The first-order valence-electron chi connectivity index (χ1n) is 11.1. The Morgan fingerprint density at radius 2 is 1.97 bits per heavy atom. The Morgan fingerprint density at radius 3 is 2.58 bits per heavy atom. The number of amides is 2. The molecule has 1 saturated heterocycles. The highest BCUT2D eigenvalue weighted by Gasteiger charge is 2.43. The molecule has 176 valence electrons. The molecule has 33 heavy (non-hydrogen) atoms. The van der Waals surface area contributed by atoms with E-state index in [0.29, 0.717) is 47.8 Å². The second-order valence-electron chi connectivity index (χ2n) is 9.35. The van der Waals surface area contributed by atoms with Crippen molar-refractivity contribution in [2.45, 2.75) is 51.4 Å². The predicted molar refractivity (Wildman–Crippen MR) is 127 cm³/mol. The van der Waals surface area contributed by atoms with E-state index >= 15 is 0 Å². The number of aromatic nitrogens is 2. The molecule has 2 amide bonds. The Morgan fingerprint density at radius 1 is 1.27 bits per heavy atom. The van der Waals surface area contributed by atoms with Gasteiger partial charge in [0.1, 0.15) is 5.82 Å². The van der Waals surface area contributed by atoms with Crippen LogP contribution in [0.5, 0.6) is 0 Å². The minimum absolute atomic E-state index is 0.0267. The lowest BCUT2D eigenvalue weighted by Crippen LogP contribution is -2.55. The molecule has 2 aromatic rings. The average molecular weight is 490 g/mol. The number of thiazole rings is 1. The van der Waals surface area contributed by atoms with Crippen molar-refractivity contribution in [1.82, 2.24) is 14.9 Å². The van der Waals surface area contributed by atoms with E-state index in [1.54, 1.807) is 0 Å². The van der Waals surface area contributed by atoms with Gasteiger partial charge in [0.25, 0.3) is 5.91 Å². The van der Waals surface area contributed by atoms with E-state index in [1.807, 2.05) is 22.8 Å². The minimum atomic E-state index is -3.15. The molecule has 11 heteroatoms. The largest absolute Gasteiger partial charge is 0.353 e. The first-order valence-corrected chi connectivity index (χ1v) is 13.8. The van der Waals surface area contributed by atoms with Crippen molar-refractivity contribution in [3.05, 3.63) is 22.9 Å². The number of nitrogens with zero attached hydrogens (tertiary/aromatic N) is 4. The molecule has 2 aromatic heterocycles. The zero-order valence-corrected chi connectivity index (χ0v) is 20.7. The highest BCUT2D eigenvalue weighted by Crippen LogP contribution is 2.42. The van der Waals surface area contributed by atoms with Crippen LogP contribution in [-0.4, -0.2) is 65.7 Å². The van der Waals surface area contributed by atoms with Crippen molar-refractivity contribution in [2.75, 3.05) is 29.6 Å². The van der Waals surface area contributed by atoms with Gasteiger partial charge < -0.3 is 15.1 Å². The monoisotopic (exact) mass is 489 g/mol. The van der Waals surface area contributed by atoms with Gasteiger partial charge in [0.15, 0.2) is 15.0 Å². The summed E-state index contributed by atoms with van der Waals surface area (Å²) in [6.45, 7) is 6.57. The van der Waals surface area contributed by atoms with Gasteiger partial charge >= 0.3 is 0 Å². The first kappa shape index (κ1) is 22.3. The molecule has 3 aliphatic rings. The van der Waals surface area contributed by atoms with Crippen molar-refractivity contribution in [3.8, 4) is 10.6 Å². The number of rotatable bonds is 6. The van der Waals surface area contributed by atoms with Crippen molar-refractivity contribution in [1.29, 1.82) is 0 Å². The van der Waals surface area contributed by atoms with Crippen molar-refractivity contribution >= 4 is 43.9 Å². The highest BCUT2D eigenvalue weighted by molar-refractivity contribution is 7.91. The predicted octanol–water partition coefficient (Wildman–Crippen LogP) is 2.46. The molecule has 2 aliphatic heterocycles. The van der Waals surface area contributed by atoms with Crippen LogP contribution in [0.15, 0.2) is 6.07 Å². The lowest BCUT2D eigenvalue weighted by Gasteiger charge is -2.39. The molecule has 5 rings (SSSR count). The van der Waals surface area contributed by atoms with E-state index < -0.39 is 15.1 Å². The van der Waals surface area contributed by atoms with Gasteiger partial charge in [0.05, 0.1) is 27.1 Å². The molecule has 0 spiro atoms. The van der Waals surface area contributed by atoms with Crippen LogP contribution in [0.2, 0.25) is 0 Å². The van der Waals surface area contributed by atoms with E-state index in [4.69, 9.17) is 4.98 Å². The second-order valence-corrected chi connectivity index (χ2v) is 12.7. The summed E-state index contributed by atoms with van der Waals surface area (Å²) in [5.41, 5.74) is 2.92. The number of hydrogen-bond donors (Lipinski definition) is 1. The lowest BCUT2D eigenvalue weighted by atomic mass is 10.1. The number of hydrogen-bond acceptors (Lipinski definition) is 8. The molecular formula is C22H27N5O4S2. The Hall–Kier alpha value is -2.53. The van der Waals surface area contributed by atoms with Gasteiger partial charge in [0, 0.05) is 38.9 Å². The molecule has 1 N–H and O–H groups in total. The lowest BCUT2D eigenvalue weighted by molar-refractivity contribution is -0.114. The summed E-state index contributed by atoms with van der Waals surface area (Å²) in [4.78, 5) is 38.8. The average Bonchev–Trinajstić information content (AvgIpc) is 3.38. The van der Waals surface area contributed by atoms with Crippen LogP contribution in [0, 0.1) is 12.8 Å². The molecule has 0 bridgehead atoms. The van der Waals surface area contributed by atoms with Crippen LogP contribution in [0.25, 0.3) is 10.6 Å². The molecule has 0 aromatic carbocycles. The summed E-state index contributed by atoms with van der Waals surface area (Å²) in [5.74, 6) is 0.871. The van der Waals surface area contributed by atoms with E-state index in [2.05, 4.69) is 17.2 Å². The maximum atomic E-state index is 13.4. The fourth-order valence-corrected chi connectivity index (χ4v) is 6.44. The quantitative estimate of drug-likeness (QED) is 0.663. The second kappa shape index (κ2) is 7.76. The summed E-state index contributed by atoms with van der Waals surface area (Å²) in [6.07, 6.45) is 3.54. The molecular weight excluding hydrogens is 462 g/mol. The molecule has 4 heterocycles. The summed E-state index contributed by atoms with van der Waals surface area (Å²) in [5, 5.41) is 2.77. The van der Waals surface area contributed by atoms with E-state index in [-0.39, 0.29) is 17.9 Å². The van der Waals surface area contributed by atoms with Gasteiger partial charge in [-0.05, 0) is 44.2 Å². The molecule has 0 unspecified atom stereocenters. The molecule has 9 nitrogen and oxygen atoms in total. The topological polar surface area (TPSA) is 113 Å². The Bertz CT molecular complexity index is 1260. The molecule has 0 radical (unpaired) electrons. The number of carbonyl (C=O) groups excluding carboxylic acids is 2. The molecule has 1 atom stereocenters. The number of anilines is 2. The third kappa shape index (κ3) is 4.01. The third-order valence-electron chi connectivity index (χ3n) is 6.76. The number of nitrogens with one attached hydrogen (secondary N) is 1.